The lowest BCUT2D eigenvalue weighted by molar-refractivity contribution is -0.140. The SMILES string of the molecule is CCN(CC)CCN1C(=O)C(=O)C(=C(O)c2ccccc2)[C@H]1c1ccc(OC)cc1OC. The monoisotopic (exact) mass is 438 g/mol. The standard InChI is InChI=1S/C25H30N2O5/c1-5-26(6-2)14-15-27-22(19-13-12-18(31-3)16-20(19)32-4)21(24(29)25(27)30)23(28)17-10-8-7-9-11-17/h7-13,16,22,28H,5-6,14-15H2,1-4H3/t22-/m1/s1. The molecule has 7 heteroatoms. The second kappa shape index (κ2) is 10.3. The number of carbonyl (C=O) groups excluding carboxylic acids is 2. The zero-order chi connectivity index (χ0) is 23.3. The van der Waals surface area contributed by atoms with Crippen LogP contribution in [0.2, 0.25) is 0 Å². The number of aliphatic hydroxyl groups excluding tert-OH is 1. The topological polar surface area (TPSA) is 79.3 Å². The van der Waals surface area contributed by atoms with Gasteiger partial charge >= 0.3 is 0 Å². The lowest BCUT2D eigenvalue weighted by Gasteiger charge is -2.29. The first-order valence-electron chi connectivity index (χ1n) is 10.7. The summed E-state index contributed by atoms with van der Waals surface area (Å²) in [5.74, 6) is -0.458. The summed E-state index contributed by atoms with van der Waals surface area (Å²) >= 11 is 0. The van der Waals surface area contributed by atoms with E-state index in [1.165, 1.54) is 12.0 Å². The average Bonchev–Trinajstić information content (AvgIpc) is 3.09. The first kappa shape index (κ1) is 23.3. The number of likely N-dealkylation sites (tertiary alicyclic amines) is 1. The van der Waals surface area contributed by atoms with E-state index in [0.29, 0.717) is 35.7 Å². The summed E-state index contributed by atoms with van der Waals surface area (Å²) in [4.78, 5) is 29.9. The van der Waals surface area contributed by atoms with Crippen LogP contribution in [0, 0.1) is 0 Å². The van der Waals surface area contributed by atoms with Gasteiger partial charge in [-0.1, -0.05) is 44.2 Å². The summed E-state index contributed by atoms with van der Waals surface area (Å²) in [6.07, 6.45) is 0. The van der Waals surface area contributed by atoms with E-state index >= 15 is 0 Å². The summed E-state index contributed by atoms with van der Waals surface area (Å²) in [5, 5.41) is 11.1. The number of hydrogen-bond acceptors (Lipinski definition) is 6. The maximum absolute atomic E-state index is 13.1. The third-order valence-corrected chi connectivity index (χ3v) is 5.87. The van der Waals surface area contributed by atoms with Gasteiger partial charge in [0.15, 0.2) is 0 Å². The van der Waals surface area contributed by atoms with Crippen molar-refractivity contribution in [2.75, 3.05) is 40.4 Å². The van der Waals surface area contributed by atoms with E-state index in [0.717, 1.165) is 13.1 Å². The number of nitrogens with zero attached hydrogens (tertiary/aromatic N) is 2. The number of Topliss-reactive ketones (excluding diaryl/α,β-unsaturated/α-hetero) is 1. The fourth-order valence-electron chi connectivity index (χ4n) is 4.02. The van der Waals surface area contributed by atoms with Crippen LogP contribution in [-0.4, -0.2) is 67.0 Å². The Kier molecular flexibility index (Phi) is 7.53. The fraction of sp³-hybridized carbons (Fsp3) is 0.360. The molecule has 2 aromatic rings. The number of methoxy groups -OCH3 is 2. The largest absolute Gasteiger partial charge is 0.507 e. The smallest absolute Gasteiger partial charge is 0.295 e. The number of aliphatic hydroxyl groups is 1. The van der Waals surface area contributed by atoms with Crippen LogP contribution in [0.5, 0.6) is 11.5 Å². The molecular weight excluding hydrogens is 408 g/mol. The van der Waals surface area contributed by atoms with Gasteiger partial charge in [0.2, 0.25) is 0 Å². The number of carbonyl (C=O) groups is 2. The molecule has 0 saturated carbocycles. The Balaban J connectivity index is 2.16. The van der Waals surface area contributed by atoms with Gasteiger partial charge < -0.3 is 24.4 Å². The number of rotatable bonds is 9. The van der Waals surface area contributed by atoms with Crippen LogP contribution in [0.3, 0.4) is 0 Å². The summed E-state index contributed by atoms with van der Waals surface area (Å²) in [6, 6.07) is 13.3. The molecule has 1 aliphatic heterocycles. The van der Waals surface area contributed by atoms with Gasteiger partial charge in [0.1, 0.15) is 17.3 Å². The molecule has 32 heavy (non-hydrogen) atoms. The molecule has 1 heterocycles. The molecule has 7 nitrogen and oxygen atoms in total. The van der Waals surface area contributed by atoms with E-state index in [1.807, 2.05) is 6.07 Å². The van der Waals surface area contributed by atoms with E-state index in [9.17, 15) is 14.7 Å². The highest BCUT2D eigenvalue weighted by atomic mass is 16.5. The Hall–Kier alpha value is -3.32. The number of amides is 1. The molecule has 1 amide bonds. The number of likely N-dealkylation sites (N-methyl/N-ethyl adjacent to an activating group) is 1. The number of benzene rings is 2. The Morgan fingerprint density at radius 1 is 1.03 bits per heavy atom. The van der Waals surface area contributed by atoms with Crippen molar-refractivity contribution in [2.45, 2.75) is 19.9 Å². The van der Waals surface area contributed by atoms with Crippen molar-refractivity contribution in [3.63, 3.8) is 0 Å². The lowest BCUT2D eigenvalue weighted by Crippen LogP contribution is -2.38. The van der Waals surface area contributed by atoms with Gasteiger partial charge in [-0.05, 0) is 25.2 Å². The van der Waals surface area contributed by atoms with Crippen molar-refractivity contribution in [1.29, 1.82) is 0 Å². The first-order chi connectivity index (χ1) is 15.5. The molecule has 0 unspecified atom stereocenters. The molecule has 2 aromatic carbocycles. The highest BCUT2D eigenvalue weighted by molar-refractivity contribution is 6.46. The van der Waals surface area contributed by atoms with E-state index in [2.05, 4.69) is 18.7 Å². The second-order valence-electron chi connectivity index (χ2n) is 7.49. The molecule has 1 fully saturated rings. The third-order valence-electron chi connectivity index (χ3n) is 5.87. The Morgan fingerprint density at radius 3 is 2.31 bits per heavy atom. The minimum atomic E-state index is -0.772. The highest BCUT2D eigenvalue weighted by Crippen LogP contribution is 2.43. The molecule has 0 aromatic heterocycles. The maximum atomic E-state index is 13.1. The normalized spacial score (nSPS) is 17.8. The minimum absolute atomic E-state index is 0.0595. The maximum Gasteiger partial charge on any atom is 0.295 e. The summed E-state index contributed by atoms with van der Waals surface area (Å²) < 4.78 is 10.9. The van der Waals surface area contributed by atoms with Gasteiger partial charge in [0.25, 0.3) is 11.7 Å². The molecule has 1 N–H and O–H groups in total. The van der Waals surface area contributed by atoms with Crippen molar-refractivity contribution in [3.05, 3.63) is 65.2 Å². The fourth-order valence-corrected chi connectivity index (χ4v) is 4.02. The van der Waals surface area contributed by atoms with Crippen LogP contribution in [0.15, 0.2) is 54.1 Å². The van der Waals surface area contributed by atoms with Gasteiger partial charge in [0, 0.05) is 30.3 Å². The van der Waals surface area contributed by atoms with Crippen LogP contribution in [0.4, 0.5) is 0 Å². The van der Waals surface area contributed by atoms with Gasteiger partial charge in [-0.15, -0.1) is 0 Å². The van der Waals surface area contributed by atoms with Gasteiger partial charge in [0.05, 0.1) is 25.8 Å². The Bertz CT molecular complexity index is 999. The molecule has 1 aliphatic rings. The first-order valence-corrected chi connectivity index (χ1v) is 10.7. The third kappa shape index (κ3) is 4.48. The van der Waals surface area contributed by atoms with Crippen molar-refractivity contribution in [2.24, 2.45) is 0 Å². The van der Waals surface area contributed by atoms with Gasteiger partial charge in [-0.25, -0.2) is 0 Å². The number of hydrogen-bond donors (Lipinski definition) is 1. The van der Waals surface area contributed by atoms with Crippen molar-refractivity contribution in [3.8, 4) is 11.5 Å². The molecule has 0 bridgehead atoms. The minimum Gasteiger partial charge on any atom is -0.507 e. The lowest BCUT2D eigenvalue weighted by atomic mass is 9.94. The molecular formula is C25H30N2O5. The van der Waals surface area contributed by atoms with Gasteiger partial charge in [-0.3, -0.25) is 9.59 Å². The summed E-state index contributed by atoms with van der Waals surface area (Å²) in [6.45, 7) is 6.73. The van der Waals surface area contributed by atoms with Crippen LogP contribution in [0.25, 0.3) is 5.76 Å². The molecule has 170 valence electrons. The van der Waals surface area contributed by atoms with Crippen LogP contribution >= 0.6 is 0 Å². The van der Waals surface area contributed by atoms with E-state index < -0.39 is 17.7 Å². The predicted molar refractivity (Wildman–Crippen MR) is 123 cm³/mol. The molecule has 1 saturated heterocycles. The molecule has 0 aliphatic carbocycles. The quantitative estimate of drug-likeness (QED) is 0.367. The van der Waals surface area contributed by atoms with E-state index in [1.54, 1.807) is 49.6 Å². The zero-order valence-corrected chi connectivity index (χ0v) is 19.0. The Labute approximate surface area is 188 Å². The average molecular weight is 439 g/mol. The van der Waals surface area contributed by atoms with E-state index in [-0.39, 0.29) is 11.3 Å². The van der Waals surface area contributed by atoms with Crippen molar-refractivity contribution >= 4 is 17.4 Å². The summed E-state index contributed by atoms with van der Waals surface area (Å²) in [7, 11) is 3.08. The molecule has 0 spiro atoms. The highest BCUT2D eigenvalue weighted by Gasteiger charge is 2.47. The van der Waals surface area contributed by atoms with Crippen LogP contribution in [0.1, 0.15) is 31.0 Å². The zero-order valence-electron chi connectivity index (χ0n) is 19.0. The molecule has 1 atom stereocenters. The number of ketones is 1. The predicted octanol–water partition coefficient (Wildman–Crippen LogP) is 3.47. The summed E-state index contributed by atoms with van der Waals surface area (Å²) in [5.41, 5.74) is 1.15. The molecule has 0 radical (unpaired) electrons. The van der Waals surface area contributed by atoms with Gasteiger partial charge in [-0.2, -0.15) is 0 Å². The van der Waals surface area contributed by atoms with E-state index in [4.69, 9.17) is 9.47 Å². The van der Waals surface area contributed by atoms with Crippen LogP contribution < -0.4 is 9.47 Å². The second-order valence-corrected chi connectivity index (χ2v) is 7.49. The van der Waals surface area contributed by atoms with Crippen molar-refractivity contribution in [1.82, 2.24) is 9.80 Å². The Morgan fingerprint density at radius 2 is 1.72 bits per heavy atom. The number of ether oxygens (including phenoxy) is 2. The van der Waals surface area contributed by atoms with Crippen molar-refractivity contribution < 1.29 is 24.2 Å². The van der Waals surface area contributed by atoms with Crippen LogP contribution in [-0.2, 0) is 9.59 Å². The molecule has 3 rings (SSSR count).